The smallest absolute Gasteiger partial charge is 0.225 e. The van der Waals surface area contributed by atoms with Gasteiger partial charge in [-0.2, -0.15) is 0 Å². The van der Waals surface area contributed by atoms with Gasteiger partial charge in [0.25, 0.3) is 0 Å². The summed E-state index contributed by atoms with van der Waals surface area (Å²) in [5.74, 6) is 5.84. The molecule has 2 N–H and O–H groups in total. The molecule has 1 unspecified atom stereocenters. The average Bonchev–Trinajstić information content (AvgIpc) is 2.19. The maximum atomic E-state index is 11.5. The summed E-state index contributed by atoms with van der Waals surface area (Å²) in [5, 5.41) is 6.01. The van der Waals surface area contributed by atoms with E-state index >= 15 is 0 Å². The normalized spacial score (nSPS) is 21.5. The van der Waals surface area contributed by atoms with Crippen LogP contribution in [0, 0.1) is 17.8 Å². The van der Waals surface area contributed by atoms with Crippen LogP contribution in [0.25, 0.3) is 0 Å². The minimum atomic E-state index is 0.134. The van der Waals surface area contributed by atoms with Crippen LogP contribution in [-0.2, 0) is 4.79 Å². The molecular formula is C10H16N2O. The Labute approximate surface area is 79.3 Å². The van der Waals surface area contributed by atoms with Crippen molar-refractivity contribution in [3.05, 3.63) is 0 Å². The third kappa shape index (κ3) is 3.47. The van der Waals surface area contributed by atoms with E-state index in [1.54, 1.807) is 6.92 Å². The molecule has 72 valence electrons. The highest BCUT2D eigenvalue weighted by molar-refractivity contribution is 5.79. The van der Waals surface area contributed by atoms with E-state index in [1.165, 1.54) is 0 Å². The SMILES string of the molecule is CC#CCNC(=O)C1CCCNC1. The van der Waals surface area contributed by atoms with Gasteiger partial charge in [-0.3, -0.25) is 4.79 Å². The lowest BCUT2D eigenvalue weighted by atomic mass is 9.99. The highest BCUT2D eigenvalue weighted by atomic mass is 16.1. The Bertz CT molecular complexity index is 221. The summed E-state index contributed by atoms with van der Waals surface area (Å²) in [5.41, 5.74) is 0. The summed E-state index contributed by atoms with van der Waals surface area (Å²) in [4.78, 5) is 11.5. The molecule has 1 atom stereocenters. The molecule has 0 aliphatic carbocycles. The van der Waals surface area contributed by atoms with E-state index in [0.717, 1.165) is 25.9 Å². The molecular weight excluding hydrogens is 164 g/mol. The largest absolute Gasteiger partial charge is 0.345 e. The molecule has 1 aliphatic rings. The van der Waals surface area contributed by atoms with Crippen LogP contribution in [0.2, 0.25) is 0 Å². The third-order valence-corrected chi connectivity index (χ3v) is 2.20. The van der Waals surface area contributed by atoms with Crippen molar-refractivity contribution in [2.75, 3.05) is 19.6 Å². The Hall–Kier alpha value is -1.01. The number of amides is 1. The maximum absolute atomic E-state index is 11.5. The van der Waals surface area contributed by atoms with Crippen LogP contribution in [0.5, 0.6) is 0 Å². The Kier molecular flexibility index (Phi) is 4.34. The first-order valence-electron chi connectivity index (χ1n) is 4.72. The number of carbonyl (C=O) groups excluding carboxylic acids is 1. The molecule has 13 heavy (non-hydrogen) atoms. The number of hydrogen-bond donors (Lipinski definition) is 2. The van der Waals surface area contributed by atoms with E-state index in [2.05, 4.69) is 22.5 Å². The highest BCUT2D eigenvalue weighted by Crippen LogP contribution is 2.09. The van der Waals surface area contributed by atoms with Gasteiger partial charge in [0, 0.05) is 6.54 Å². The molecule has 1 heterocycles. The van der Waals surface area contributed by atoms with Crippen molar-refractivity contribution in [2.45, 2.75) is 19.8 Å². The molecule has 0 saturated carbocycles. The minimum absolute atomic E-state index is 0.134. The number of rotatable bonds is 2. The van der Waals surface area contributed by atoms with Gasteiger partial charge in [-0.25, -0.2) is 0 Å². The van der Waals surface area contributed by atoms with Crippen LogP contribution >= 0.6 is 0 Å². The first-order chi connectivity index (χ1) is 6.34. The molecule has 0 aromatic heterocycles. The topological polar surface area (TPSA) is 41.1 Å². The average molecular weight is 180 g/mol. The molecule has 1 fully saturated rings. The molecule has 0 radical (unpaired) electrons. The maximum Gasteiger partial charge on any atom is 0.225 e. The fraction of sp³-hybridized carbons (Fsp3) is 0.700. The van der Waals surface area contributed by atoms with Gasteiger partial charge in [0.1, 0.15) is 0 Å². The minimum Gasteiger partial charge on any atom is -0.345 e. The van der Waals surface area contributed by atoms with E-state index < -0.39 is 0 Å². The quantitative estimate of drug-likeness (QED) is 0.593. The van der Waals surface area contributed by atoms with Gasteiger partial charge in [-0.1, -0.05) is 5.92 Å². The number of carbonyl (C=O) groups is 1. The van der Waals surface area contributed by atoms with Crippen molar-refractivity contribution in [1.29, 1.82) is 0 Å². The van der Waals surface area contributed by atoms with E-state index in [4.69, 9.17) is 0 Å². The lowest BCUT2D eigenvalue weighted by Gasteiger charge is -2.21. The number of hydrogen-bond acceptors (Lipinski definition) is 2. The number of nitrogens with one attached hydrogen (secondary N) is 2. The second-order valence-corrected chi connectivity index (χ2v) is 3.19. The molecule has 1 rings (SSSR count). The Morgan fingerprint density at radius 2 is 2.54 bits per heavy atom. The zero-order valence-corrected chi connectivity index (χ0v) is 8.02. The van der Waals surface area contributed by atoms with Gasteiger partial charge in [0.05, 0.1) is 12.5 Å². The zero-order chi connectivity index (χ0) is 9.52. The monoisotopic (exact) mass is 180 g/mol. The van der Waals surface area contributed by atoms with Crippen molar-refractivity contribution in [2.24, 2.45) is 5.92 Å². The van der Waals surface area contributed by atoms with Gasteiger partial charge in [0.15, 0.2) is 0 Å². The molecule has 1 saturated heterocycles. The summed E-state index contributed by atoms with van der Waals surface area (Å²) in [6.45, 7) is 4.10. The van der Waals surface area contributed by atoms with Crippen molar-refractivity contribution >= 4 is 5.91 Å². The van der Waals surface area contributed by atoms with Gasteiger partial charge < -0.3 is 10.6 Å². The number of piperidine rings is 1. The van der Waals surface area contributed by atoms with Gasteiger partial charge in [-0.15, -0.1) is 5.92 Å². The predicted molar refractivity (Wildman–Crippen MR) is 52.1 cm³/mol. The van der Waals surface area contributed by atoms with Crippen molar-refractivity contribution in [1.82, 2.24) is 10.6 Å². The fourth-order valence-electron chi connectivity index (χ4n) is 1.44. The molecule has 1 aliphatic heterocycles. The van der Waals surface area contributed by atoms with Crippen LogP contribution in [0.15, 0.2) is 0 Å². The molecule has 0 aromatic rings. The van der Waals surface area contributed by atoms with Crippen molar-refractivity contribution < 1.29 is 4.79 Å². The second kappa shape index (κ2) is 5.60. The Balaban J connectivity index is 2.23. The van der Waals surface area contributed by atoms with Gasteiger partial charge in [0.2, 0.25) is 5.91 Å². The summed E-state index contributed by atoms with van der Waals surface area (Å²) in [6.07, 6.45) is 2.09. The lowest BCUT2D eigenvalue weighted by Crippen LogP contribution is -2.40. The standard InChI is InChI=1S/C10H16N2O/c1-2-3-7-12-10(13)9-5-4-6-11-8-9/h9,11H,4-8H2,1H3,(H,12,13). The molecule has 3 nitrogen and oxygen atoms in total. The zero-order valence-electron chi connectivity index (χ0n) is 8.02. The van der Waals surface area contributed by atoms with E-state index in [0.29, 0.717) is 6.54 Å². The van der Waals surface area contributed by atoms with Crippen LogP contribution in [0.3, 0.4) is 0 Å². The van der Waals surface area contributed by atoms with E-state index in [9.17, 15) is 4.79 Å². The van der Waals surface area contributed by atoms with Crippen LogP contribution in [0.4, 0.5) is 0 Å². The Morgan fingerprint density at radius 1 is 1.69 bits per heavy atom. The van der Waals surface area contributed by atoms with Crippen molar-refractivity contribution in [3.8, 4) is 11.8 Å². The van der Waals surface area contributed by atoms with Crippen LogP contribution in [0.1, 0.15) is 19.8 Å². The molecule has 0 spiro atoms. The van der Waals surface area contributed by atoms with Gasteiger partial charge >= 0.3 is 0 Å². The summed E-state index contributed by atoms with van der Waals surface area (Å²) in [6, 6.07) is 0. The van der Waals surface area contributed by atoms with Crippen molar-refractivity contribution in [3.63, 3.8) is 0 Å². The van der Waals surface area contributed by atoms with E-state index in [1.807, 2.05) is 0 Å². The molecule has 1 amide bonds. The summed E-state index contributed by atoms with van der Waals surface area (Å²) < 4.78 is 0. The lowest BCUT2D eigenvalue weighted by molar-refractivity contribution is -0.125. The third-order valence-electron chi connectivity index (χ3n) is 2.20. The van der Waals surface area contributed by atoms with Crippen LogP contribution < -0.4 is 10.6 Å². The Morgan fingerprint density at radius 3 is 3.15 bits per heavy atom. The molecule has 0 bridgehead atoms. The highest BCUT2D eigenvalue weighted by Gasteiger charge is 2.19. The first kappa shape index (κ1) is 10.1. The summed E-state index contributed by atoms with van der Waals surface area (Å²) >= 11 is 0. The first-order valence-corrected chi connectivity index (χ1v) is 4.72. The van der Waals surface area contributed by atoms with Crippen LogP contribution in [-0.4, -0.2) is 25.5 Å². The van der Waals surface area contributed by atoms with E-state index in [-0.39, 0.29) is 11.8 Å². The molecule has 3 heteroatoms. The van der Waals surface area contributed by atoms with Gasteiger partial charge in [-0.05, 0) is 26.3 Å². The predicted octanol–water partition coefficient (Wildman–Crippen LogP) is 0.126. The summed E-state index contributed by atoms with van der Waals surface area (Å²) in [7, 11) is 0. The molecule has 0 aromatic carbocycles. The fourth-order valence-corrected chi connectivity index (χ4v) is 1.44. The second-order valence-electron chi connectivity index (χ2n) is 3.19.